The van der Waals surface area contributed by atoms with Crippen LogP contribution < -0.4 is 10.5 Å². The molecule has 1 rings (SSSR count). The summed E-state index contributed by atoms with van der Waals surface area (Å²) in [5.41, 5.74) is 0.288. The van der Waals surface area contributed by atoms with Crippen molar-refractivity contribution < 1.29 is 17.9 Å². The maximum atomic E-state index is 12.0. The van der Waals surface area contributed by atoms with Crippen LogP contribution >= 0.6 is 11.3 Å². The summed E-state index contributed by atoms with van der Waals surface area (Å²) in [6.45, 7) is 4.33. The summed E-state index contributed by atoms with van der Waals surface area (Å²) in [7, 11) is -2.20. The third kappa shape index (κ3) is 4.57. The van der Waals surface area contributed by atoms with E-state index in [4.69, 9.17) is 9.88 Å². The van der Waals surface area contributed by atoms with Crippen LogP contribution in [0, 0.1) is 5.92 Å². The molecular weight excluding hydrogens is 288 g/mol. The van der Waals surface area contributed by atoms with Crippen LogP contribution in [0.15, 0.2) is 15.7 Å². The van der Waals surface area contributed by atoms with Gasteiger partial charge in [-0.15, -0.1) is 11.3 Å². The molecule has 1 heterocycles. The van der Waals surface area contributed by atoms with Crippen LogP contribution in [0.4, 0.5) is 0 Å². The number of primary sulfonamides is 1. The second kappa shape index (κ2) is 6.47. The average Bonchev–Trinajstić information content (AvgIpc) is 2.76. The Morgan fingerprint density at radius 3 is 2.58 bits per heavy atom. The van der Waals surface area contributed by atoms with Crippen molar-refractivity contribution in [1.82, 2.24) is 5.32 Å². The molecule has 0 aliphatic carbocycles. The summed E-state index contributed by atoms with van der Waals surface area (Å²) >= 11 is 0.929. The predicted molar refractivity (Wildman–Crippen MR) is 73.7 cm³/mol. The van der Waals surface area contributed by atoms with E-state index in [1.807, 2.05) is 13.8 Å². The number of carbonyl (C=O) groups excluding carboxylic acids is 1. The Morgan fingerprint density at radius 2 is 2.16 bits per heavy atom. The molecule has 0 radical (unpaired) electrons. The van der Waals surface area contributed by atoms with E-state index < -0.39 is 10.0 Å². The van der Waals surface area contributed by atoms with Gasteiger partial charge in [0.2, 0.25) is 10.0 Å². The van der Waals surface area contributed by atoms with Crippen molar-refractivity contribution in [2.24, 2.45) is 11.1 Å². The normalized spacial score (nSPS) is 13.5. The number of carbonyl (C=O) groups is 1. The highest BCUT2D eigenvalue weighted by Crippen LogP contribution is 2.19. The molecule has 1 amide bonds. The summed E-state index contributed by atoms with van der Waals surface area (Å²) in [6.07, 6.45) is 0. The van der Waals surface area contributed by atoms with Crippen molar-refractivity contribution in [2.75, 3.05) is 13.7 Å². The topological polar surface area (TPSA) is 98.5 Å². The number of hydrogen-bond acceptors (Lipinski definition) is 5. The van der Waals surface area contributed by atoms with E-state index in [9.17, 15) is 13.2 Å². The highest BCUT2D eigenvalue weighted by Gasteiger charge is 2.19. The molecule has 1 aromatic heterocycles. The van der Waals surface area contributed by atoms with Gasteiger partial charge < -0.3 is 10.1 Å². The average molecular weight is 306 g/mol. The molecule has 0 saturated heterocycles. The number of thiophene rings is 1. The van der Waals surface area contributed by atoms with Crippen molar-refractivity contribution in [3.05, 3.63) is 17.0 Å². The van der Waals surface area contributed by atoms with Gasteiger partial charge in [0.25, 0.3) is 5.91 Å². The highest BCUT2D eigenvalue weighted by molar-refractivity contribution is 7.91. The van der Waals surface area contributed by atoms with Crippen molar-refractivity contribution in [3.63, 3.8) is 0 Å². The minimum Gasteiger partial charge on any atom is -0.383 e. The monoisotopic (exact) mass is 306 g/mol. The summed E-state index contributed by atoms with van der Waals surface area (Å²) in [5, 5.41) is 9.28. The van der Waals surface area contributed by atoms with Crippen LogP contribution in [0.3, 0.4) is 0 Å². The quantitative estimate of drug-likeness (QED) is 0.812. The Balaban J connectivity index is 2.80. The molecule has 0 aliphatic rings. The molecule has 3 N–H and O–H groups in total. The molecule has 0 saturated carbocycles. The van der Waals surface area contributed by atoms with E-state index in [1.54, 1.807) is 7.11 Å². The Labute approximate surface area is 117 Å². The smallest absolute Gasteiger partial charge is 0.252 e. The molecule has 8 heteroatoms. The van der Waals surface area contributed by atoms with Crippen molar-refractivity contribution in [3.8, 4) is 0 Å². The molecule has 0 bridgehead atoms. The van der Waals surface area contributed by atoms with Crippen LogP contribution in [-0.4, -0.2) is 34.1 Å². The molecule has 108 valence electrons. The number of nitrogens with two attached hydrogens (primary N) is 1. The second-order valence-electron chi connectivity index (χ2n) is 4.48. The summed E-state index contributed by atoms with van der Waals surface area (Å²) in [6, 6.07) is 1.15. The SMILES string of the molecule is COCC(NC(=O)c1csc(S(N)(=O)=O)c1)C(C)C. The number of ether oxygens (including phenoxy) is 1. The number of rotatable bonds is 6. The standard InChI is InChI=1S/C11H18N2O4S2/c1-7(2)9(5-17-3)13-11(14)8-4-10(18-6-8)19(12,15)16/h4,6-7,9H,5H2,1-3H3,(H,13,14)(H2,12,15,16). The molecule has 0 fully saturated rings. The van der Waals surface area contributed by atoms with Gasteiger partial charge in [-0.05, 0) is 12.0 Å². The Morgan fingerprint density at radius 1 is 1.53 bits per heavy atom. The van der Waals surface area contributed by atoms with Gasteiger partial charge in [0.1, 0.15) is 4.21 Å². The Kier molecular flexibility index (Phi) is 5.48. The first kappa shape index (κ1) is 16.1. The zero-order valence-electron chi connectivity index (χ0n) is 11.0. The molecule has 0 aromatic carbocycles. The van der Waals surface area contributed by atoms with Crippen molar-refractivity contribution in [2.45, 2.75) is 24.1 Å². The fourth-order valence-corrected chi connectivity index (χ4v) is 3.00. The van der Waals surface area contributed by atoms with Gasteiger partial charge in [0.05, 0.1) is 18.2 Å². The first-order valence-electron chi connectivity index (χ1n) is 5.67. The lowest BCUT2D eigenvalue weighted by Gasteiger charge is -2.21. The predicted octanol–water partition coefficient (Wildman–Crippen LogP) is 0.796. The molecular formula is C11H18N2O4S2. The van der Waals surface area contributed by atoms with E-state index in [1.165, 1.54) is 11.4 Å². The Bertz CT molecular complexity index is 537. The lowest BCUT2D eigenvalue weighted by Crippen LogP contribution is -2.41. The van der Waals surface area contributed by atoms with Crippen LogP contribution in [0.2, 0.25) is 0 Å². The number of amides is 1. The molecule has 1 unspecified atom stereocenters. The van der Waals surface area contributed by atoms with Gasteiger partial charge in [-0.1, -0.05) is 13.8 Å². The highest BCUT2D eigenvalue weighted by atomic mass is 32.2. The zero-order chi connectivity index (χ0) is 14.6. The van der Waals surface area contributed by atoms with Gasteiger partial charge >= 0.3 is 0 Å². The van der Waals surface area contributed by atoms with Crippen LogP contribution in [0.1, 0.15) is 24.2 Å². The molecule has 6 nitrogen and oxygen atoms in total. The lowest BCUT2D eigenvalue weighted by atomic mass is 10.1. The van der Waals surface area contributed by atoms with Gasteiger partial charge in [-0.3, -0.25) is 4.79 Å². The zero-order valence-corrected chi connectivity index (χ0v) is 12.7. The fourth-order valence-electron chi connectivity index (χ4n) is 1.42. The first-order chi connectivity index (χ1) is 8.75. The van der Waals surface area contributed by atoms with E-state index in [0.29, 0.717) is 6.61 Å². The molecule has 0 aliphatic heterocycles. The van der Waals surface area contributed by atoms with Crippen molar-refractivity contribution in [1.29, 1.82) is 0 Å². The summed E-state index contributed by atoms with van der Waals surface area (Å²) < 4.78 is 27.3. The number of nitrogens with one attached hydrogen (secondary N) is 1. The minimum atomic E-state index is -3.76. The number of sulfonamides is 1. The van der Waals surface area contributed by atoms with Gasteiger partial charge in [-0.2, -0.15) is 0 Å². The van der Waals surface area contributed by atoms with E-state index in [-0.39, 0.29) is 27.6 Å². The number of methoxy groups -OCH3 is 1. The van der Waals surface area contributed by atoms with Crippen LogP contribution in [-0.2, 0) is 14.8 Å². The second-order valence-corrected chi connectivity index (χ2v) is 7.18. The molecule has 0 spiro atoms. The van der Waals surface area contributed by atoms with E-state index in [2.05, 4.69) is 5.32 Å². The van der Waals surface area contributed by atoms with Crippen LogP contribution in [0.25, 0.3) is 0 Å². The Hall–Kier alpha value is -0.960. The number of hydrogen-bond donors (Lipinski definition) is 2. The summed E-state index contributed by atoms with van der Waals surface area (Å²) in [4.78, 5) is 12.0. The fraction of sp³-hybridized carbons (Fsp3) is 0.545. The van der Waals surface area contributed by atoms with Gasteiger partial charge in [0, 0.05) is 12.5 Å². The lowest BCUT2D eigenvalue weighted by molar-refractivity contribution is 0.0867. The molecule has 19 heavy (non-hydrogen) atoms. The maximum Gasteiger partial charge on any atom is 0.252 e. The summed E-state index contributed by atoms with van der Waals surface area (Å²) in [5.74, 6) is -0.123. The third-order valence-corrected chi connectivity index (χ3v) is 4.97. The van der Waals surface area contributed by atoms with E-state index in [0.717, 1.165) is 11.3 Å². The molecule has 1 aromatic rings. The van der Waals surface area contributed by atoms with Gasteiger partial charge in [0.15, 0.2) is 0 Å². The third-order valence-electron chi connectivity index (χ3n) is 2.59. The van der Waals surface area contributed by atoms with Crippen molar-refractivity contribution >= 4 is 27.3 Å². The minimum absolute atomic E-state index is 0.0227. The largest absolute Gasteiger partial charge is 0.383 e. The molecule has 1 atom stereocenters. The maximum absolute atomic E-state index is 12.0. The van der Waals surface area contributed by atoms with Gasteiger partial charge in [-0.25, -0.2) is 13.6 Å². The van der Waals surface area contributed by atoms with Crippen LogP contribution in [0.5, 0.6) is 0 Å². The van der Waals surface area contributed by atoms with E-state index >= 15 is 0 Å². The first-order valence-corrected chi connectivity index (χ1v) is 8.09.